The van der Waals surface area contributed by atoms with Crippen LogP contribution >= 0.6 is 11.8 Å². The zero-order valence-electron chi connectivity index (χ0n) is 24.9. The van der Waals surface area contributed by atoms with Crippen molar-refractivity contribution in [3.8, 4) is 5.75 Å². The summed E-state index contributed by atoms with van der Waals surface area (Å²) in [6.07, 6.45) is 0. The van der Waals surface area contributed by atoms with E-state index in [1.165, 1.54) is 0 Å². The van der Waals surface area contributed by atoms with Gasteiger partial charge in [-0.15, -0.1) is 16.9 Å². The van der Waals surface area contributed by atoms with Gasteiger partial charge < -0.3 is 9.64 Å². The van der Waals surface area contributed by atoms with Gasteiger partial charge in [-0.25, -0.2) is 4.68 Å². The van der Waals surface area contributed by atoms with Crippen LogP contribution in [0.5, 0.6) is 5.75 Å². The van der Waals surface area contributed by atoms with Crippen molar-refractivity contribution in [3.63, 3.8) is 0 Å². The van der Waals surface area contributed by atoms with Crippen LogP contribution in [0, 0.1) is 0 Å². The molecule has 226 valence electrons. The second kappa shape index (κ2) is 11.6. The number of nitrogens with one attached hydrogen (secondary N) is 1. The molecule has 5 aromatic rings. The Hall–Kier alpha value is -4.80. The molecule has 1 aromatic heterocycles. The van der Waals surface area contributed by atoms with E-state index in [0.29, 0.717) is 24.6 Å². The van der Waals surface area contributed by atoms with Gasteiger partial charge in [-0.3, -0.25) is 14.9 Å². The molecule has 2 aliphatic heterocycles. The molecule has 0 saturated carbocycles. The van der Waals surface area contributed by atoms with Gasteiger partial charge in [0.15, 0.2) is 5.82 Å². The molecule has 10 heteroatoms. The molecule has 2 saturated heterocycles. The van der Waals surface area contributed by atoms with E-state index in [-0.39, 0.29) is 22.1 Å². The second-order valence-corrected chi connectivity index (χ2v) is 13.6. The first-order valence-electron chi connectivity index (χ1n) is 14.8. The number of hydrogen-bond donors (Lipinski definition) is 1. The van der Waals surface area contributed by atoms with Crippen LogP contribution < -0.4 is 10.1 Å². The number of β-lactam (4-membered cyclic amide) rings is 1. The number of carbonyl (C=O) groups is 2. The number of benzene rings is 4. The monoisotopic (exact) mass is 616 g/mol. The normalized spacial score (nSPS) is 20.4. The van der Waals surface area contributed by atoms with E-state index >= 15 is 0 Å². The van der Waals surface area contributed by atoms with E-state index in [0.717, 1.165) is 22.3 Å². The van der Waals surface area contributed by atoms with E-state index < -0.39 is 11.6 Å². The minimum Gasteiger partial charge on any atom is -0.429 e. The van der Waals surface area contributed by atoms with Crippen LogP contribution in [0.2, 0.25) is 0 Å². The average molecular weight is 617 g/mol. The molecule has 0 aliphatic carbocycles. The Morgan fingerprint density at radius 2 is 1.42 bits per heavy atom. The molecule has 1 amide bonds. The van der Waals surface area contributed by atoms with Crippen LogP contribution in [0.4, 0.5) is 0 Å². The van der Waals surface area contributed by atoms with E-state index in [1.54, 1.807) is 28.6 Å². The molecular formula is C35H32N6O3S. The highest BCUT2D eigenvalue weighted by molar-refractivity contribution is 8.01. The number of amides is 1. The Bertz CT molecular complexity index is 1700. The highest BCUT2D eigenvalue weighted by atomic mass is 32.2. The number of carbonyl (C=O) groups excluding carboxylic acids is 2. The van der Waals surface area contributed by atoms with Crippen LogP contribution in [-0.4, -0.2) is 53.6 Å². The largest absolute Gasteiger partial charge is 0.429 e. The number of aromatic nitrogens is 4. The zero-order valence-corrected chi connectivity index (χ0v) is 25.7. The molecule has 7 rings (SSSR count). The van der Waals surface area contributed by atoms with Gasteiger partial charge in [0.25, 0.3) is 6.47 Å². The maximum atomic E-state index is 14.3. The van der Waals surface area contributed by atoms with Crippen molar-refractivity contribution in [1.82, 2.24) is 30.4 Å². The van der Waals surface area contributed by atoms with Crippen molar-refractivity contribution in [2.45, 2.75) is 48.1 Å². The fourth-order valence-corrected chi connectivity index (χ4v) is 8.26. The molecule has 3 heterocycles. The molecule has 1 N–H and O–H groups in total. The number of tetrazole rings is 1. The molecule has 2 aliphatic rings. The highest BCUT2D eigenvalue weighted by Crippen LogP contribution is 2.57. The minimum atomic E-state index is -0.764. The molecule has 3 atom stereocenters. The van der Waals surface area contributed by atoms with Crippen molar-refractivity contribution in [2.75, 3.05) is 0 Å². The summed E-state index contributed by atoms with van der Waals surface area (Å²) in [5.74, 6) is 1.11. The molecule has 4 aromatic carbocycles. The first-order chi connectivity index (χ1) is 21.9. The summed E-state index contributed by atoms with van der Waals surface area (Å²) in [6.45, 7) is 5.11. The smallest absolute Gasteiger partial charge is 0.298 e. The Morgan fingerprint density at radius 3 is 1.96 bits per heavy atom. The molecule has 0 radical (unpaired) electrons. The van der Waals surface area contributed by atoms with E-state index in [2.05, 4.69) is 71.1 Å². The van der Waals surface area contributed by atoms with Gasteiger partial charge in [-0.2, -0.15) is 0 Å². The number of nitrogens with zero attached hydrogens (tertiary/aromatic N) is 5. The summed E-state index contributed by atoms with van der Waals surface area (Å²) < 4.78 is 6.31. The van der Waals surface area contributed by atoms with E-state index in [9.17, 15) is 9.59 Å². The number of rotatable bonds is 10. The van der Waals surface area contributed by atoms with E-state index in [1.807, 2.05) is 71.6 Å². The number of ether oxygens (including phenoxy) is 1. The molecule has 2 fully saturated rings. The molecule has 0 bridgehead atoms. The summed E-state index contributed by atoms with van der Waals surface area (Å²) >= 11 is 1.77. The zero-order chi connectivity index (χ0) is 31.0. The summed E-state index contributed by atoms with van der Waals surface area (Å²) in [4.78, 5) is 26.9. The van der Waals surface area contributed by atoms with Gasteiger partial charge >= 0.3 is 0 Å². The average Bonchev–Trinajstić information content (AvgIpc) is 3.62. The SMILES string of the molecule is CC1(C)S[C@@H]2C(NC(c3ccccc3)(c3ccccc3)c3ccccc3)C(=O)N2C1c1nnnn1Cc1ccc(OC=O)cc1. The molecular weight excluding hydrogens is 584 g/mol. The van der Waals surface area contributed by atoms with Gasteiger partial charge in [0, 0.05) is 4.75 Å². The highest BCUT2D eigenvalue weighted by Gasteiger charge is 2.64. The predicted octanol–water partition coefficient (Wildman–Crippen LogP) is 4.94. The maximum absolute atomic E-state index is 14.3. The van der Waals surface area contributed by atoms with E-state index in [4.69, 9.17) is 4.74 Å². The summed E-state index contributed by atoms with van der Waals surface area (Å²) in [7, 11) is 0. The van der Waals surface area contributed by atoms with Crippen LogP contribution in [0.25, 0.3) is 0 Å². The third kappa shape index (κ3) is 5.00. The third-order valence-electron chi connectivity index (χ3n) is 8.68. The second-order valence-electron chi connectivity index (χ2n) is 11.8. The van der Waals surface area contributed by atoms with Crippen LogP contribution in [0.15, 0.2) is 115 Å². The number of fused-ring (bicyclic) bond motifs is 1. The summed E-state index contributed by atoms with van der Waals surface area (Å²) in [5.41, 5.74) is 3.35. The number of hydrogen-bond acceptors (Lipinski definition) is 8. The van der Waals surface area contributed by atoms with Gasteiger partial charge in [-0.05, 0) is 58.7 Å². The fraction of sp³-hybridized carbons (Fsp3) is 0.229. The van der Waals surface area contributed by atoms with Crippen molar-refractivity contribution in [1.29, 1.82) is 0 Å². The van der Waals surface area contributed by atoms with Crippen molar-refractivity contribution < 1.29 is 14.3 Å². The lowest BCUT2D eigenvalue weighted by molar-refractivity contribution is -0.150. The molecule has 9 nitrogen and oxygen atoms in total. The lowest BCUT2D eigenvalue weighted by Gasteiger charge is -2.49. The first kappa shape index (κ1) is 28.9. The minimum absolute atomic E-state index is 0.0140. The molecule has 2 unspecified atom stereocenters. The lowest BCUT2D eigenvalue weighted by atomic mass is 9.76. The van der Waals surface area contributed by atoms with Crippen molar-refractivity contribution in [3.05, 3.63) is 143 Å². The number of thioether (sulfide) groups is 1. The van der Waals surface area contributed by atoms with Gasteiger partial charge in [0.2, 0.25) is 5.91 Å². The Morgan fingerprint density at radius 1 is 0.867 bits per heavy atom. The Balaban J connectivity index is 1.23. The van der Waals surface area contributed by atoms with Crippen molar-refractivity contribution in [2.24, 2.45) is 0 Å². The van der Waals surface area contributed by atoms with Crippen LogP contribution in [-0.2, 0) is 21.7 Å². The lowest BCUT2D eigenvalue weighted by Crippen LogP contribution is -2.70. The Labute approximate surface area is 265 Å². The van der Waals surface area contributed by atoms with Crippen LogP contribution in [0.3, 0.4) is 0 Å². The van der Waals surface area contributed by atoms with Gasteiger partial charge in [0.05, 0.1) is 12.1 Å². The van der Waals surface area contributed by atoms with Gasteiger partial charge in [-0.1, -0.05) is 103 Å². The van der Waals surface area contributed by atoms with Crippen LogP contribution in [0.1, 0.15) is 48.0 Å². The quantitative estimate of drug-likeness (QED) is 0.134. The first-order valence-corrected chi connectivity index (χ1v) is 15.7. The standard InChI is InChI=1S/C35H32N6O3S/c1-34(2)30(31-37-38-39-40(31)22-24-18-20-28(21-19-24)44-23-42)41-32(43)29(33(41)45-34)36-35(25-12-6-3-7-13-25,26-14-8-4-9-15-26)27-16-10-5-11-17-27/h3-21,23,29-30,33,36H,22H2,1-2H3/t29?,30?,33-/m1/s1. The van der Waals surface area contributed by atoms with Crippen molar-refractivity contribution >= 4 is 24.1 Å². The summed E-state index contributed by atoms with van der Waals surface area (Å²) in [6, 6.07) is 37.4. The third-order valence-corrected chi connectivity index (χ3v) is 10.2. The summed E-state index contributed by atoms with van der Waals surface area (Å²) in [5, 5.41) is 16.5. The fourth-order valence-electron chi connectivity index (χ4n) is 6.63. The topological polar surface area (TPSA) is 102 Å². The maximum Gasteiger partial charge on any atom is 0.298 e. The molecule has 0 spiro atoms. The van der Waals surface area contributed by atoms with Gasteiger partial charge in [0.1, 0.15) is 23.2 Å². The Kier molecular flexibility index (Phi) is 7.47. The predicted molar refractivity (Wildman–Crippen MR) is 171 cm³/mol. The molecule has 45 heavy (non-hydrogen) atoms.